The summed E-state index contributed by atoms with van der Waals surface area (Å²) >= 11 is 5.86. The quantitative estimate of drug-likeness (QED) is 0.484. The van der Waals surface area contributed by atoms with E-state index in [1.165, 1.54) is 0 Å². The molecule has 0 fully saturated rings. The molecule has 11 heavy (non-hydrogen) atoms. The number of hydrogen-bond acceptors (Lipinski definition) is 4. The summed E-state index contributed by atoms with van der Waals surface area (Å²) in [5.41, 5.74) is 9.04. The van der Waals surface area contributed by atoms with Crippen molar-refractivity contribution < 1.29 is 0 Å². The first-order valence-corrected chi connectivity index (χ1v) is 4.42. The Balaban J connectivity index is 2.91. The number of aromatic nitrogens is 1. The molecule has 0 saturated heterocycles. The van der Waals surface area contributed by atoms with Crippen LogP contribution in [0.25, 0.3) is 10.2 Å². The zero-order chi connectivity index (χ0) is 7.84. The number of hydrogen-bond donors (Lipinski definition) is 2. The summed E-state index contributed by atoms with van der Waals surface area (Å²) in [5, 5.41) is 0. The molecule has 2 nitrogen and oxygen atoms in total. The minimum Gasteiger partial charge on any atom is -0.399 e. The lowest BCUT2D eigenvalue weighted by Crippen LogP contribution is -1.83. The van der Waals surface area contributed by atoms with Crippen molar-refractivity contribution in [3.8, 4) is 0 Å². The number of thiol groups is 1. The second-order valence-electron chi connectivity index (χ2n) is 2.24. The van der Waals surface area contributed by atoms with Gasteiger partial charge in [0, 0.05) is 10.6 Å². The molecule has 0 aliphatic carbocycles. The zero-order valence-electron chi connectivity index (χ0n) is 5.61. The molecule has 1 aromatic heterocycles. The highest BCUT2D eigenvalue weighted by Crippen LogP contribution is 2.27. The molecule has 0 unspecified atom stereocenters. The smallest absolute Gasteiger partial charge is 0.0843 e. The van der Waals surface area contributed by atoms with Crippen molar-refractivity contribution in [1.82, 2.24) is 4.98 Å². The molecule has 0 aliphatic rings. The van der Waals surface area contributed by atoms with Crippen LogP contribution in [0.2, 0.25) is 0 Å². The Kier molecular flexibility index (Phi) is 1.51. The van der Waals surface area contributed by atoms with Crippen LogP contribution in [0.4, 0.5) is 5.69 Å². The maximum absolute atomic E-state index is 5.60. The Labute approximate surface area is 73.5 Å². The largest absolute Gasteiger partial charge is 0.399 e. The van der Waals surface area contributed by atoms with Crippen LogP contribution in [-0.4, -0.2) is 4.98 Å². The number of benzene rings is 1. The van der Waals surface area contributed by atoms with Crippen LogP contribution in [0.5, 0.6) is 0 Å². The summed E-state index contributed by atoms with van der Waals surface area (Å²) in [6.07, 6.45) is 0. The Bertz CT molecular complexity index is 394. The van der Waals surface area contributed by atoms with Gasteiger partial charge >= 0.3 is 0 Å². The fourth-order valence-corrected chi connectivity index (χ4v) is 2.08. The first kappa shape index (κ1) is 6.94. The number of fused-ring (bicyclic) bond motifs is 1. The predicted molar refractivity (Wildman–Crippen MR) is 51.3 cm³/mol. The number of rotatable bonds is 0. The molecule has 0 spiro atoms. The van der Waals surface area contributed by atoms with Crippen LogP contribution >= 0.6 is 24.0 Å². The van der Waals surface area contributed by atoms with Crippen molar-refractivity contribution in [3.63, 3.8) is 0 Å². The van der Waals surface area contributed by atoms with Gasteiger partial charge in [-0.05, 0) is 12.1 Å². The summed E-state index contributed by atoms with van der Waals surface area (Å²) in [6.45, 7) is 0. The SMILES string of the molecule is Nc1cc(S)c2scnc2c1. The maximum atomic E-state index is 5.60. The summed E-state index contributed by atoms with van der Waals surface area (Å²) in [6, 6.07) is 3.69. The minimum atomic E-state index is 0.716. The van der Waals surface area contributed by atoms with Gasteiger partial charge in [0.05, 0.1) is 15.7 Å². The Hall–Kier alpha value is -0.740. The van der Waals surface area contributed by atoms with Gasteiger partial charge in [-0.1, -0.05) is 0 Å². The monoisotopic (exact) mass is 182 g/mol. The van der Waals surface area contributed by atoms with Crippen LogP contribution in [0.3, 0.4) is 0 Å². The van der Waals surface area contributed by atoms with Crippen molar-refractivity contribution in [1.29, 1.82) is 0 Å². The molecular formula is C7H6N2S2. The number of anilines is 1. The van der Waals surface area contributed by atoms with Gasteiger partial charge < -0.3 is 5.73 Å². The van der Waals surface area contributed by atoms with Gasteiger partial charge in [0.15, 0.2) is 0 Å². The molecule has 1 heterocycles. The molecule has 56 valence electrons. The van der Waals surface area contributed by atoms with E-state index in [0.717, 1.165) is 15.1 Å². The summed E-state index contributed by atoms with van der Waals surface area (Å²) in [5.74, 6) is 0. The third kappa shape index (κ3) is 1.08. The van der Waals surface area contributed by atoms with Crippen molar-refractivity contribution in [2.75, 3.05) is 5.73 Å². The van der Waals surface area contributed by atoms with Crippen LogP contribution < -0.4 is 5.73 Å². The molecule has 4 heteroatoms. The second-order valence-corrected chi connectivity index (χ2v) is 3.58. The molecule has 2 aromatic rings. The highest BCUT2D eigenvalue weighted by molar-refractivity contribution is 7.80. The van der Waals surface area contributed by atoms with Gasteiger partial charge in [-0.3, -0.25) is 0 Å². The summed E-state index contributed by atoms with van der Waals surface area (Å²) < 4.78 is 1.10. The number of thiazole rings is 1. The number of nitrogens with two attached hydrogens (primary N) is 1. The van der Waals surface area contributed by atoms with Gasteiger partial charge in [0.2, 0.25) is 0 Å². The van der Waals surface area contributed by atoms with E-state index in [2.05, 4.69) is 17.6 Å². The van der Waals surface area contributed by atoms with Crippen molar-refractivity contribution >= 4 is 39.9 Å². The lowest BCUT2D eigenvalue weighted by atomic mass is 10.3. The van der Waals surface area contributed by atoms with Crippen molar-refractivity contribution in [2.24, 2.45) is 0 Å². The fraction of sp³-hybridized carbons (Fsp3) is 0. The van der Waals surface area contributed by atoms with Crippen molar-refractivity contribution in [2.45, 2.75) is 4.90 Å². The lowest BCUT2D eigenvalue weighted by molar-refractivity contribution is 1.48. The van der Waals surface area contributed by atoms with Gasteiger partial charge in [-0.15, -0.1) is 24.0 Å². The molecule has 0 amide bonds. The minimum absolute atomic E-state index is 0.716. The molecule has 0 saturated carbocycles. The summed E-state index contributed by atoms with van der Waals surface area (Å²) in [4.78, 5) is 5.04. The van der Waals surface area contributed by atoms with Crippen LogP contribution in [-0.2, 0) is 0 Å². The van der Waals surface area contributed by atoms with Gasteiger partial charge in [-0.25, -0.2) is 4.98 Å². The van der Waals surface area contributed by atoms with E-state index < -0.39 is 0 Å². The van der Waals surface area contributed by atoms with E-state index >= 15 is 0 Å². The van der Waals surface area contributed by atoms with E-state index in [4.69, 9.17) is 5.73 Å². The van der Waals surface area contributed by atoms with Gasteiger partial charge in [-0.2, -0.15) is 0 Å². The molecule has 2 N–H and O–H groups in total. The maximum Gasteiger partial charge on any atom is 0.0843 e. The van der Waals surface area contributed by atoms with Crippen molar-refractivity contribution in [3.05, 3.63) is 17.6 Å². The first-order valence-electron chi connectivity index (χ1n) is 3.09. The molecule has 0 aliphatic heterocycles. The number of nitrogen functional groups attached to an aromatic ring is 1. The number of nitrogens with zero attached hydrogens (tertiary/aromatic N) is 1. The third-order valence-corrected chi connectivity index (χ3v) is 2.81. The zero-order valence-corrected chi connectivity index (χ0v) is 7.32. The fourth-order valence-electron chi connectivity index (χ4n) is 0.972. The lowest BCUT2D eigenvalue weighted by Gasteiger charge is -1.95. The van der Waals surface area contributed by atoms with E-state index in [0.29, 0.717) is 5.69 Å². The Morgan fingerprint density at radius 2 is 2.27 bits per heavy atom. The van der Waals surface area contributed by atoms with E-state index in [1.807, 2.05) is 12.1 Å². The molecule has 0 bridgehead atoms. The normalized spacial score (nSPS) is 10.6. The highest BCUT2D eigenvalue weighted by Gasteiger charge is 2.00. The summed E-state index contributed by atoms with van der Waals surface area (Å²) in [7, 11) is 0. The van der Waals surface area contributed by atoms with E-state index in [-0.39, 0.29) is 0 Å². The Morgan fingerprint density at radius 1 is 1.45 bits per heavy atom. The topological polar surface area (TPSA) is 38.9 Å². The average molecular weight is 182 g/mol. The molecule has 0 radical (unpaired) electrons. The standard InChI is InChI=1S/C7H6N2S2/c8-4-1-5-7(6(10)2-4)11-3-9-5/h1-3,10H,8H2. The Morgan fingerprint density at radius 3 is 3.09 bits per heavy atom. The molecular weight excluding hydrogens is 176 g/mol. The van der Waals surface area contributed by atoms with E-state index in [9.17, 15) is 0 Å². The molecule has 1 aromatic carbocycles. The van der Waals surface area contributed by atoms with Gasteiger partial charge in [0.25, 0.3) is 0 Å². The first-order chi connectivity index (χ1) is 5.27. The third-order valence-electron chi connectivity index (χ3n) is 1.43. The van der Waals surface area contributed by atoms with E-state index in [1.54, 1.807) is 16.8 Å². The second kappa shape index (κ2) is 2.39. The predicted octanol–water partition coefficient (Wildman–Crippen LogP) is 2.17. The van der Waals surface area contributed by atoms with Crippen LogP contribution in [0.15, 0.2) is 22.5 Å². The highest BCUT2D eigenvalue weighted by atomic mass is 32.1. The van der Waals surface area contributed by atoms with Crippen LogP contribution in [0, 0.1) is 0 Å². The van der Waals surface area contributed by atoms with Gasteiger partial charge in [0.1, 0.15) is 0 Å². The van der Waals surface area contributed by atoms with Crippen LogP contribution in [0.1, 0.15) is 0 Å². The molecule has 2 rings (SSSR count). The average Bonchev–Trinajstić information content (AvgIpc) is 2.34. The molecule has 0 atom stereocenters.